The number of nitrogens with zero attached hydrogens (tertiary/aromatic N) is 2. The number of fused-ring (bicyclic) bond motifs is 1. The molecule has 4 nitrogen and oxygen atoms in total. The zero-order chi connectivity index (χ0) is 25.3. The van der Waals surface area contributed by atoms with Gasteiger partial charge in [0.15, 0.2) is 0 Å². The van der Waals surface area contributed by atoms with Crippen molar-refractivity contribution in [2.24, 2.45) is 5.41 Å². The largest absolute Gasteiger partial charge is 0.495 e. The molecule has 3 aliphatic heterocycles. The van der Waals surface area contributed by atoms with E-state index in [1.807, 2.05) is 12.1 Å². The Bertz CT molecular complexity index is 1250. The number of likely N-dealkylation sites (N-methyl/N-ethyl adjacent to an activating group) is 1. The topological polar surface area (TPSA) is 35.9 Å². The van der Waals surface area contributed by atoms with Crippen LogP contribution >= 0.6 is 0 Å². The second-order valence-electron chi connectivity index (χ2n) is 12.0. The summed E-state index contributed by atoms with van der Waals surface area (Å²) in [6.07, 6.45) is 6.61. The third-order valence-corrected chi connectivity index (χ3v) is 10.5. The van der Waals surface area contributed by atoms with E-state index in [4.69, 9.17) is 4.74 Å². The minimum Gasteiger partial charge on any atom is -0.495 e. The summed E-state index contributed by atoms with van der Waals surface area (Å²) < 4.78 is 5.90. The van der Waals surface area contributed by atoms with Crippen molar-refractivity contribution in [2.75, 3.05) is 32.1 Å². The van der Waals surface area contributed by atoms with E-state index in [0.717, 1.165) is 42.7 Å². The van der Waals surface area contributed by atoms with Crippen LogP contribution in [0, 0.1) is 5.41 Å². The lowest BCUT2D eigenvalue weighted by Crippen LogP contribution is -2.65. The van der Waals surface area contributed by atoms with Crippen molar-refractivity contribution in [3.8, 4) is 5.75 Å². The van der Waals surface area contributed by atoms with E-state index >= 15 is 0 Å². The van der Waals surface area contributed by atoms with Gasteiger partial charge in [-0.25, -0.2) is 0 Å². The van der Waals surface area contributed by atoms with Gasteiger partial charge in [0.2, 0.25) is 0 Å². The first-order valence-electron chi connectivity index (χ1n) is 14.0. The lowest BCUT2D eigenvalue weighted by molar-refractivity contribution is -0.0821. The van der Waals surface area contributed by atoms with Gasteiger partial charge in [-0.15, -0.1) is 0 Å². The van der Waals surface area contributed by atoms with E-state index in [-0.39, 0.29) is 10.8 Å². The van der Waals surface area contributed by atoms with E-state index in [2.05, 4.69) is 83.6 Å². The molecule has 1 spiro atoms. The number of ether oxygens (including phenoxy) is 1. The number of aliphatic hydroxyl groups is 1. The Labute approximate surface area is 220 Å². The molecule has 0 aromatic heterocycles. The Kier molecular flexibility index (Phi) is 5.25. The number of benzene rings is 3. The van der Waals surface area contributed by atoms with Crippen LogP contribution in [0.5, 0.6) is 5.75 Å². The van der Waals surface area contributed by atoms with Crippen molar-refractivity contribution in [3.05, 3.63) is 95.6 Å². The first kappa shape index (κ1) is 23.3. The summed E-state index contributed by atoms with van der Waals surface area (Å²) in [5.41, 5.74) is 3.87. The monoisotopic (exact) mass is 494 g/mol. The van der Waals surface area contributed by atoms with E-state index in [0.29, 0.717) is 12.1 Å². The van der Waals surface area contributed by atoms with Gasteiger partial charge in [-0.05, 0) is 79.8 Å². The van der Waals surface area contributed by atoms with Gasteiger partial charge in [0.1, 0.15) is 11.4 Å². The second kappa shape index (κ2) is 8.34. The highest BCUT2D eigenvalue weighted by Gasteiger charge is 2.69. The maximum absolute atomic E-state index is 12.8. The molecule has 4 aliphatic rings. The van der Waals surface area contributed by atoms with Crippen molar-refractivity contribution in [1.29, 1.82) is 0 Å². The summed E-state index contributed by atoms with van der Waals surface area (Å²) in [7, 11) is 4.08. The fourth-order valence-electron chi connectivity index (χ4n) is 9.32. The van der Waals surface area contributed by atoms with Gasteiger partial charge in [0, 0.05) is 24.5 Å². The first-order valence-corrected chi connectivity index (χ1v) is 14.0. The van der Waals surface area contributed by atoms with Crippen LogP contribution in [-0.2, 0) is 11.0 Å². The van der Waals surface area contributed by atoms with Crippen LogP contribution in [0.25, 0.3) is 0 Å². The van der Waals surface area contributed by atoms with Crippen LogP contribution in [0.1, 0.15) is 55.2 Å². The number of piperidine rings is 1. The molecule has 1 saturated carbocycles. The fourth-order valence-corrected chi connectivity index (χ4v) is 9.32. The Balaban J connectivity index is 1.40. The molecule has 1 aliphatic carbocycles. The molecule has 0 radical (unpaired) electrons. The highest BCUT2D eigenvalue weighted by molar-refractivity contribution is 5.73. The standard InChI is InChI=1S/C33H38N2O2/c1-34-28-17-19-31(23-33(36,24-11-5-3-6-12-24)25-13-7-4-8-14-25)18-10-21-35-22-20-32(28,30(31)35)26-15-9-16-27(37-2)29(26)34/h3-9,11-16,28,30,36H,10,17-23H2,1-2H3. The summed E-state index contributed by atoms with van der Waals surface area (Å²) in [4.78, 5) is 5.34. The average Bonchev–Trinajstić information content (AvgIpc) is 3.46. The van der Waals surface area contributed by atoms with E-state index in [9.17, 15) is 5.11 Å². The van der Waals surface area contributed by atoms with Crippen LogP contribution in [-0.4, -0.2) is 49.3 Å². The van der Waals surface area contributed by atoms with E-state index < -0.39 is 5.60 Å². The van der Waals surface area contributed by atoms with Crippen LogP contribution in [0.2, 0.25) is 0 Å². The first-order chi connectivity index (χ1) is 18.0. The van der Waals surface area contributed by atoms with Crippen LogP contribution in [0.3, 0.4) is 0 Å². The number of hydrogen-bond donors (Lipinski definition) is 1. The normalized spacial score (nSPS) is 30.5. The summed E-state index contributed by atoms with van der Waals surface area (Å²) in [5.74, 6) is 0.994. The third-order valence-electron chi connectivity index (χ3n) is 10.5. The molecule has 4 unspecified atom stereocenters. The number of para-hydroxylation sites is 1. The Hall–Kier alpha value is -2.82. The van der Waals surface area contributed by atoms with Crippen molar-refractivity contribution in [2.45, 2.75) is 61.6 Å². The number of hydrogen-bond acceptors (Lipinski definition) is 4. The van der Waals surface area contributed by atoms with Crippen LogP contribution < -0.4 is 9.64 Å². The van der Waals surface area contributed by atoms with Gasteiger partial charge in [-0.2, -0.15) is 0 Å². The lowest BCUT2D eigenvalue weighted by Gasteiger charge is -2.60. The van der Waals surface area contributed by atoms with Gasteiger partial charge in [0.05, 0.1) is 12.8 Å². The molecule has 3 aromatic rings. The summed E-state index contributed by atoms with van der Waals surface area (Å²) >= 11 is 0. The molecular formula is C33H38N2O2. The number of rotatable bonds is 5. The molecule has 4 heteroatoms. The maximum atomic E-state index is 12.8. The Morgan fingerprint density at radius 3 is 2.27 bits per heavy atom. The molecule has 0 bridgehead atoms. The molecule has 3 heterocycles. The third kappa shape index (κ3) is 3.09. The van der Waals surface area contributed by atoms with Crippen molar-refractivity contribution in [1.82, 2.24) is 4.90 Å². The summed E-state index contributed by atoms with van der Waals surface area (Å²) in [5, 5.41) is 12.8. The molecule has 0 amide bonds. The molecule has 1 N–H and O–H groups in total. The average molecular weight is 495 g/mol. The van der Waals surface area contributed by atoms with Crippen molar-refractivity contribution < 1.29 is 9.84 Å². The summed E-state index contributed by atoms with van der Waals surface area (Å²) in [6, 6.07) is 28.4. The van der Waals surface area contributed by atoms with Gasteiger partial charge >= 0.3 is 0 Å². The van der Waals surface area contributed by atoms with Gasteiger partial charge in [0.25, 0.3) is 0 Å². The van der Waals surface area contributed by atoms with Crippen LogP contribution in [0.4, 0.5) is 5.69 Å². The fraction of sp³-hybridized carbons (Fsp3) is 0.455. The molecule has 2 saturated heterocycles. The molecule has 7 rings (SSSR count). The van der Waals surface area contributed by atoms with E-state index in [1.165, 1.54) is 37.1 Å². The molecule has 3 aromatic carbocycles. The molecule has 37 heavy (non-hydrogen) atoms. The summed E-state index contributed by atoms with van der Waals surface area (Å²) in [6.45, 7) is 2.31. The predicted molar refractivity (Wildman–Crippen MR) is 148 cm³/mol. The number of anilines is 1. The Morgan fingerprint density at radius 2 is 1.59 bits per heavy atom. The molecular weight excluding hydrogens is 456 g/mol. The molecule has 3 fully saturated rings. The van der Waals surface area contributed by atoms with Crippen LogP contribution in [0.15, 0.2) is 78.9 Å². The number of methoxy groups -OCH3 is 1. The van der Waals surface area contributed by atoms with Gasteiger partial charge < -0.3 is 14.7 Å². The zero-order valence-corrected chi connectivity index (χ0v) is 22.1. The minimum atomic E-state index is -1.02. The minimum absolute atomic E-state index is 0.0389. The van der Waals surface area contributed by atoms with Crippen molar-refractivity contribution in [3.63, 3.8) is 0 Å². The zero-order valence-electron chi connectivity index (χ0n) is 22.1. The maximum Gasteiger partial charge on any atom is 0.142 e. The lowest BCUT2D eigenvalue weighted by atomic mass is 9.50. The van der Waals surface area contributed by atoms with E-state index in [1.54, 1.807) is 7.11 Å². The van der Waals surface area contributed by atoms with Gasteiger partial charge in [-0.1, -0.05) is 72.8 Å². The highest BCUT2D eigenvalue weighted by atomic mass is 16.5. The highest BCUT2D eigenvalue weighted by Crippen LogP contribution is 2.67. The predicted octanol–water partition coefficient (Wildman–Crippen LogP) is 5.73. The second-order valence-corrected chi connectivity index (χ2v) is 12.0. The van der Waals surface area contributed by atoms with Gasteiger partial charge in [-0.3, -0.25) is 4.90 Å². The SMILES string of the molecule is COc1cccc2c1N(C)C1CCC3(CC(O)(c4ccccc4)c4ccccc4)CCCN4CCC21C43. The quantitative estimate of drug-likeness (QED) is 0.492. The molecule has 4 atom stereocenters. The molecule has 192 valence electrons. The van der Waals surface area contributed by atoms with Crippen molar-refractivity contribution >= 4 is 5.69 Å². The Morgan fingerprint density at radius 1 is 0.892 bits per heavy atom. The smallest absolute Gasteiger partial charge is 0.142 e.